The molecule has 0 nitrogen and oxygen atoms in total. The highest BCUT2D eigenvalue weighted by Gasteiger charge is 2.00. The van der Waals surface area contributed by atoms with Crippen molar-refractivity contribution in [1.82, 2.24) is 0 Å². The summed E-state index contributed by atoms with van der Waals surface area (Å²) < 4.78 is 24.9. The first kappa shape index (κ1) is 8.53. The molecule has 0 bridgehead atoms. The maximum absolute atomic E-state index is 12.5. The van der Waals surface area contributed by atoms with Crippen LogP contribution < -0.4 is 0 Å². The van der Waals surface area contributed by atoms with E-state index >= 15 is 0 Å². The standard InChI is InChI=1S/C8H8F2S/c1-2-11-6-3-4-7(9)8(10)5-6/h3-5H,2H2,1H3. The van der Waals surface area contributed by atoms with E-state index in [0.717, 1.165) is 16.7 Å². The topological polar surface area (TPSA) is 0 Å². The second kappa shape index (κ2) is 3.72. The van der Waals surface area contributed by atoms with Crippen LogP contribution in [0.15, 0.2) is 23.1 Å². The molecule has 1 rings (SSSR count). The van der Waals surface area contributed by atoms with Gasteiger partial charge in [0.2, 0.25) is 0 Å². The molecule has 0 atom stereocenters. The van der Waals surface area contributed by atoms with E-state index in [-0.39, 0.29) is 0 Å². The highest BCUT2D eigenvalue weighted by molar-refractivity contribution is 7.99. The molecule has 0 amide bonds. The smallest absolute Gasteiger partial charge is 0.159 e. The zero-order chi connectivity index (χ0) is 8.27. The maximum atomic E-state index is 12.5. The van der Waals surface area contributed by atoms with Crippen molar-refractivity contribution >= 4 is 11.8 Å². The second-order valence-corrected chi connectivity index (χ2v) is 3.35. The summed E-state index contributed by atoms with van der Waals surface area (Å²) in [7, 11) is 0. The van der Waals surface area contributed by atoms with Gasteiger partial charge in [-0.2, -0.15) is 0 Å². The van der Waals surface area contributed by atoms with Gasteiger partial charge in [0.05, 0.1) is 0 Å². The number of hydrogen-bond acceptors (Lipinski definition) is 1. The Morgan fingerprint density at radius 1 is 1.27 bits per heavy atom. The van der Waals surface area contributed by atoms with Gasteiger partial charge in [0, 0.05) is 4.90 Å². The fraction of sp³-hybridized carbons (Fsp3) is 0.250. The van der Waals surface area contributed by atoms with E-state index in [0.29, 0.717) is 0 Å². The molecule has 0 saturated heterocycles. The Kier molecular flexibility index (Phi) is 2.88. The van der Waals surface area contributed by atoms with Crippen LogP contribution in [0.1, 0.15) is 6.92 Å². The predicted molar refractivity (Wildman–Crippen MR) is 42.8 cm³/mol. The number of halogens is 2. The van der Waals surface area contributed by atoms with Crippen LogP contribution in [0.25, 0.3) is 0 Å². The van der Waals surface area contributed by atoms with Crippen molar-refractivity contribution in [2.24, 2.45) is 0 Å². The van der Waals surface area contributed by atoms with Crippen molar-refractivity contribution in [3.8, 4) is 0 Å². The molecule has 0 aliphatic carbocycles. The van der Waals surface area contributed by atoms with Gasteiger partial charge in [-0.05, 0) is 24.0 Å². The molecule has 1 aromatic rings. The summed E-state index contributed by atoms with van der Waals surface area (Å²) >= 11 is 1.49. The third kappa shape index (κ3) is 2.19. The molecule has 0 radical (unpaired) electrons. The Labute approximate surface area is 68.6 Å². The van der Waals surface area contributed by atoms with Crippen LogP contribution in [0.4, 0.5) is 8.78 Å². The van der Waals surface area contributed by atoms with Crippen LogP contribution >= 0.6 is 11.8 Å². The van der Waals surface area contributed by atoms with Gasteiger partial charge >= 0.3 is 0 Å². The zero-order valence-corrected chi connectivity index (χ0v) is 6.92. The quantitative estimate of drug-likeness (QED) is 0.621. The lowest BCUT2D eigenvalue weighted by atomic mass is 10.3. The Balaban J connectivity index is 2.86. The number of benzene rings is 1. The van der Waals surface area contributed by atoms with Gasteiger partial charge in [-0.1, -0.05) is 6.92 Å². The molecule has 0 aliphatic heterocycles. The van der Waals surface area contributed by atoms with Crippen LogP contribution in [0.2, 0.25) is 0 Å². The van der Waals surface area contributed by atoms with Crippen LogP contribution in [-0.4, -0.2) is 5.75 Å². The molecule has 0 aromatic heterocycles. The van der Waals surface area contributed by atoms with E-state index in [9.17, 15) is 8.78 Å². The Morgan fingerprint density at radius 2 is 2.00 bits per heavy atom. The van der Waals surface area contributed by atoms with E-state index in [1.54, 1.807) is 6.07 Å². The highest BCUT2D eigenvalue weighted by Crippen LogP contribution is 2.19. The molecular weight excluding hydrogens is 166 g/mol. The van der Waals surface area contributed by atoms with Crippen molar-refractivity contribution in [1.29, 1.82) is 0 Å². The maximum Gasteiger partial charge on any atom is 0.159 e. The fourth-order valence-corrected chi connectivity index (χ4v) is 1.42. The van der Waals surface area contributed by atoms with Gasteiger partial charge in [-0.15, -0.1) is 11.8 Å². The first-order chi connectivity index (χ1) is 5.24. The molecule has 0 heterocycles. The number of thioether (sulfide) groups is 1. The van der Waals surface area contributed by atoms with Crippen molar-refractivity contribution in [2.45, 2.75) is 11.8 Å². The molecule has 0 fully saturated rings. The molecule has 3 heteroatoms. The summed E-state index contributed by atoms with van der Waals surface area (Å²) in [6.45, 7) is 1.96. The Hall–Kier alpha value is -0.570. The molecule has 0 N–H and O–H groups in total. The minimum absolute atomic E-state index is 0.770. The van der Waals surface area contributed by atoms with E-state index in [4.69, 9.17) is 0 Å². The zero-order valence-electron chi connectivity index (χ0n) is 6.10. The molecule has 11 heavy (non-hydrogen) atoms. The summed E-state index contributed by atoms with van der Waals surface area (Å²) in [5, 5.41) is 0. The molecule has 0 spiro atoms. The lowest BCUT2D eigenvalue weighted by Crippen LogP contribution is -1.83. The lowest BCUT2D eigenvalue weighted by Gasteiger charge is -1.97. The van der Waals surface area contributed by atoms with Crippen LogP contribution in [0.5, 0.6) is 0 Å². The molecule has 1 aromatic carbocycles. The summed E-state index contributed by atoms with van der Waals surface area (Å²) in [4.78, 5) is 0.770. The fourth-order valence-electron chi connectivity index (χ4n) is 0.733. The summed E-state index contributed by atoms with van der Waals surface area (Å²) in [6, 6.07) is 3.93. The Bertz CT molecular complexity index is 248. The highest BCUT2D eigenvalue weighted by atomic mass is 32.2. The van der Waals surface area contributed by atoms with E-state index in [1.165, 1.54) is 17.8 Å². The van der Waals surface area contributed by atoms with Crippen LogP contribution in [0, 0.1) is 11.6 Å². The molecule has 0 unspecified atom stereocenters. The largest absolute Gasteiger partial charge is 0.204 e. The first-order valence-corrected chi connectivity index (χ1v) is 4.30. The van der Waals surface area contributed by atoms with Crippen molar-refractivity contribution < 1.29 is 8.78 Å². The average Bonchev–Trinajstić information content (AvgIpc) is 1.98. The summed E-state index contributed by atoms with van der Waals surface area (Å²) in [5.74, 6) is -0.695. The third-order valence-electron chi connectivity index (χ3n) is 1.20. The molecule has 60 valence electrons. The lowest BCUT2D eigenvalue weighted by molar-refractivity contribution is 0.506. The van der Waals surface area contributed by atoms with Gasteiger partial charge in [0.1, 0.15) is 0 Å². The normalized spacial score (nSPS) is 10.1. The van der Waals surface area contributed by atoms with Crippen molar-refractivity contribution in [2.75, 3.05) is 5.75 Å². The summed E-state index contributed by atoms with van der Waals surface area (Å²) in [6.07, 6.45) is 0. The predicted octanol–water partition coefficient (Wildman–Crippen LogP) is 3.08. The SMILES string of the molecule is CCSc1ccc(F)c(F)c1. The van der Waals surface area contributed by atoms with Gasteiger partial charge in [-0.3, -0.25) is 0 Å². The Morgan fingerprint density at radius 3 is 2.55 bits per heavy atom. The third-order valence-corrected chi connectivity index (χ3v) is 2.08. The minimum Gasteiger partial charge on any atom is -0.204 e. The minimum atomic E-state index is -0.787. The molecular formula is C8H8F2S. The first-order valence-electron chi connectivity index (χ1n) is 3.32. The van der Waals surface area contributed by atoms with Crippen LogP contribution in [0.3, 0.4) is 0 Å². The second-order valence-electron chi connectivity index (χ2n) is 2.01. The van der Waals surface area contributed by atoms with Gasteiger partial charge in [0.25, 0.3) is 0 Å². The summed E-state index contributed by atoms with van der Waals surface area (Å²) in [5.41, 5.74) is 0. The number of hydrogen-bond donors (Lipinski definition) is 0. The monoisotopic (exact) mass is 174 g/mol. The van der Waals surface area contributed by atoms with Crippen LogP contribution in [-0.2, 0) is 0 Å². The van der Waals surface area contributed by atoms with E-state index in [2.05, 4.69) is 0 Å². The van der Waals surface area contributed by atoms with E-state index < -0.39 is 11.6 Å². The van der Waals surface area contributed by atoms with Gasteiger partial charge < -0.3 is 0 Å². The average molecular weight is 174 g/mol. The van der Waals surface area contributed by atoms with Gasteiger partial charge in [-0.25, -0.2) is 8.78 Å². The molecule has 0 saturated carbocycles. The molecule has 0 aliphatic rings. The van der Waals surface area contributed by atoms with Gasteiger partial charge in [0.15, 0.2) is 11.6 Å². The number of rotatable bonds is 2. The van der Waals surface area contributed by atoms with Crippen molar-refractivity contribution in [3.05, 3.63) is 29.8 Å². The van der Waals surface area contributed by atoms with Crippen molar-refractivity contribution in [3.63, 3.8) is 0 Å². The van der Waals surface area contributed by atoms with E-state index in [1.807, 2.05) is 6.92 Å².